The van der Waals surface area contributed by atoms with E-state index >= 15 is 0 Å². The van der Waals surface area contributed by atoms with Crippen molar-refractivity contribution in [2.75, 3.05) is 5.32 Å². The smallest absolute Gasteiger partial charge is 0.308 e. The van der Waals surface area contributed by atoms with Gasteiger partial charge in [-0.2, -0.15) is 5.10 Å². The fraction of sp³-hybridized carbons (Fsp3) is 0.533. The van der Waals surface area contributed by atoms with Crippen LogP contribution in [0.3, 0.4) is 0 Å². The second-order valence-electron chi connectivity index (χ2n) is 5.72. The number of aromatic nitrogens is 3. The van der Waals surface area contributed by atoms with Gasteiger partial charge in [0.15, 0.2) is 5.82 Å². The maximum absolute atomic E-state index is 11.5. The van der Waals surface area contributed by atoms with Crippen LogP contribution < -0.4 is 5.32 Å². The van der Waals surface area contributed by atoms with E-state index in [0.29, 0.717) is 0 Å². The van der Waals surface area contributed by atoms with Crippen LogP contribution in [0.5, 0.6) is 0 Å². The fourth-order valence-corrected chi connectivity index (χ4v) is 3.11. The Morgan fingerprint density at radius 2 is 2.19 bits per heavy atom. The molecule has 0 aliphatic heterocycles. The van der Waals surface area contributed by atoms with Gasteiger partial charge in [-0.05, 0) is 25.8 Å². The van der Waals surface area contributed by atoms with Gasteiger partial charge < -0.3 is 10.4 Å². The maximum atomic E-state index is 11.5. The number of carboxylic acids is 1. The Balaban J connectivity index is 1.90. The Kier molecular flexibility index (Phi) is 3.77. The van der Waals surface area contributed by atoms with Crippen LogP contribution in [-0.4, -0.2) is 31.7 Å². The SMILES string of the molecule is Cc1cc2c(NC3CCCCCC3C(=O)O)nccn2n1. The number of carboxylic acid groups (broad SMARTS) is 1. The molecule has 2 unspecified atom stereocenters. The first-order valence-corrected chi connectivity index (χ1v) is 7.45. The minimum absolute atomic E-state index is 0.0705. The van der Waals surface area contributed by atoms with Crippen molar-refractivity contribution in [1.29, 1.82) is 0 Å². The molecule has 2 heterocycles. The summed E-state index contributed by atoms with van der Waals surface area (Å²) in [6, 6.07) is 1.89. The van der Waals surface area contributed by atoms with E-state index < -0.39 is 5.97 Å². The van der Waals surface area contributed by atoms with Gasteiger partial charge in [0.05, 0.1) is 11.6 Å². The summed E-state index contributed by atoms with van der Waals surface area (Å²) in [6.07, 6.45) is 8.23. The van der Waals surface area contributed by atoms with Crippen LogP contribution in [0.25, 0.3) is 5.52 Å². The van der Waals surface area contributed by atoms with Gasteiger partial charge in [0.25, 0.3) is 0 Å². The van der Waals surface area contributed by atoms with Crippen molar-refractivity contribution in [1.82, 2.24) is 14.6 Å². The first kappa shape index (κ1) is 13.9. The third-order valence-corrected chi connectivity index (χ3v) is 4.17. The molecule has 2 N–H and O–H groups in total. The van der Waals surface area contributed by atoms with Crippen molar-refractivity contribution in [3.8, 4) is 0 Å². The number of nitrogens with zero attached hydrogens (tertiary/aromatic N) is 3. The molecule has 0 amide bonds. The molecule has 1 fully saturated rings. The lowest BCUT2D eigenvalue weighted by molar-refractivity contribution is -0.142. The van der Waals surface area contributed by atoms with Crippen LogP contribution in [0.2, 0.25) is 0 Å². The summed E-state index contributed by atoms with van der Waals surface area (Å²) in [4.78, 5) is 15.9. The lowest BCUT2D eigenvalue weighted by Gasteiger charge is -2.23. The van der Waals surface area contributed by atoms with Crippen molar-refractivity contribution >= 4 is 17.3 Å². The molecule has 6 heteroatoms. The third-order valence-electron chi connectivity index (χ3n) is 4.17. The molecule has 3 rings (SSSR count). The van der Waals surface area contributed by atoms with E-state index in [9.17, 15) is 9.90 Å². The first-order chi connectivity index (χ1) is 10.1. The van der Waals surface area contributed by atoms with Crippen LogP contribution in [0.15, 0.2) is 18.5 Å². The number of hydrogen-bond donors (Lipinski definition) is 2. The zero-order valence-corrected chi connectivity index (χ0v) is 12.1. The highest BCUT2D eigenvalue weighted by molar-refractivity contribution is 5.73. The van der Waals surface area contributed by atoms with E-state index in [1.54, 1.807) is 16.9 Å². The Morgan fingerprint density at radius 3 is 3.00 bits per heavy atom. The minimum Gasteiger partial charge on any atom is -0.481 e. The third kappa shape index (κ3) is 2.84. The van der Waals surface area contributed by atoms with Gasteiger partial charge in [-0.15, -0.1) is 0 Å². The van der Waals surface area contributed by atoms with E-state index in [0.717, 1.165) is 49.1 Å². The second-order valence-corrected chi connectivity index (χ2v) is 5.72. The number of aryl methyl sites for hydroxylation is 1. The summed E-state index contributed by atoms with van der Waals surface area (Å²) in [6.45, 7) is 1.93. The Bertz CT molecular complexity index is 652. The molecule has 1 aliphatic rings. The summed E-state index contributed by atoms with van der Waals surface area (Å²) < 4.78 is 1.77. The van der Waals surface area contributed by atoms with E-state index in [4.69, 9.17) is 0 Å². The average Bonchev–Trinajstić information content (AvgIpc) is 2.68. The summed E-state index contributed by atoms with van der Waals surface area (Å²) in [5.74, 6) is -0.346. The highest BCUT2D eigenvalue weighted by Gasteiger charge is 2.30. The molecule has 2 aromatic heterocycles. The maximum Gasteiger partial charge on any atom is 0.308 e. The van der Waals surface area contributed by atoms with Gasteiger partial charge in [-0.25, -0.2) is 9.50 Å². The highest BCUT2D eigenvalue weighted by atomic mass is 16.4. The van der Waals surface area contributed by atoms with Gasteiger partial charge in [0.1, 0.15) is 5.52 Å². The molecule has 0 saturated heterocycles. The topological polar surface area (TPSA) is 79.5 Å². The monoisotopic (exact) mass is 288 g/mol. The number of anilines is 1. The number of carbonyl (C=O) groups is 1. The van der Waals surface area contributed by atoms with Crippen LogP contribution in [0, 0.1) is 12.8 Å². The molecule has 0 radical (unpaired) electrons. The quantitative estimate of drug-likeness (QED) is 0.848. The number of rotatable bonds is 3. The fourth-order valence-electron chi connectivity index (χ4n) is 3.11. The number of hydrogen-bond acceptors (Lipinski definition) is 4. The average molecular weight is 288 g/mol. The number of nitrogens with one attached hydrogen (secondary N) is 1. The van der Waals surface area contributed by atoms with Crippen molar-refractivity contribution in [2.45, 2.75) is 45.1 Å². The van der Waals surface area contributed by atoms with E-state index in [-0.39, 0.29) is 12.0 Å². The lowest BCUT2D eigenvalue weighted by atomic mass is 9.95. The summed E-state index contributed by atoms with van der Waals surface area (Å²) in [7, 11) is 0. The Morgan fingerprint density at radius 1 is 1.38 bits per heavy atom. The van der Waals surface area contributed by atoms with E-state index in [1.165, 1.54) is 0 Å². The first-order valence-electron chi connectivity index (χ1n) is 7.45. The molecule has 1 aliphatic carbocycles. The molecule has 2 atom stereocenters. The standard InChI is InChI=1S/C15H20N4O2/c1-10-9-13-14(16-7-8-19(13)18-10)17-12-6-4-2-3-5-11(12)15(20)21/h7-9,11-12H,2-6H2,1H3,(H,16,17)(H,20,21). The summed E-state index contributed by atoms with van der Waals surface area (Å²) in [5.41, 5.74) is 1.81. The Hall–Kier alpha value is -2.11. The zero-order valence-electron chi connectivity index (χ0n) is 12.1. The predicted molar refractivity (Wildman–Crippen MR) is 79.3 cm³/mol. The van der Waals surface area contributed by atoms with Gasteiger partial charge in [0, 0.05) is 18.4 Å². The molecule has 21 heavy (non-hydrogen) atoms. The van der Waals surface area contributed by atoms with Gasteiger partial charge >= 0.3 is 5.97 Å². The normalized spacial score (nSPS) is 22.9. The lowest BCUT2D eigenvalue weighted by Crippen LogP contribution is -2.34. The molecule has 6 nitrogen and oxygen atoms in total. The van der Waals surface area contributed by atoms with Gasteiger partial charge in [-0.3, -0.25) is 4.79 Å². The molecule has 2 aromatic rings. The van der Waals surface area contributed by atoms with Crippen LogP contribution in [0.1, 0.15) is 37.8 Å². The highest BCUT2D eigenvalue weighted by Crippen LogP contribution is 2.27. The van der Waals surface area contributed by atoms with Crippen LogP contribution in [-0.2, 0) is 4.79 Å². The second kappa shape index (κ2) is 5.71. The molecular weight excluding hydrogens is 268 g/mol. The molecule has 0 aromatic carbocycles. The molecule has 112 valence electrons. The van der Waals surface area contributed by atoms with Gasteiger partial charge in [-0.1, -0.05) is 19.3 Å². The summed E-state index contributed by atoms with van der Waals surface area (Å²) in [5, 5.41) is 17.2. The Labute approximate surface area is 123 Å². The van der Waals surface area contributed by atoms with Crippen molar-refractivity contribution in [2.24, 2.45) is 5.92 Å². The van der Waals surface area contributed by atoms with Crippen LogP contribution in [0.4, 0.5) is 5.82 Å². The molecule has 0 bridgehead atoms. The van der Waals surface area contributed by atoms with E-state index in [1.807, 2.05) is 13.0 Å². The predicted octanol–water partition coefficient (Wildman–Crippen LogP) is 2.48. The van der Waals surface area contributed by atoms with Crippen molar-refractivity contribution in [3.05, 3.63) is 24.2 Å². The molecule has 1 saturated carbocycles. The minimum atomic E-state index is -0.717. The number of fused-ring (bicyclic) bond motifs is 1. The molecule has 0 spiro atoms. The molecular formula is C15H20N4O2. The van der Waals surface area contributed by atoms with E-state index in [2.05, 4.69) is 15.4 Å². The zero-order chi connectivity index (χ0) is 14.8. The number of aliphatic carboxylic acids is 1. The van der Waals surface area contributed by atoms with Crippen LogP contribution >= 0.6 is 0 Å². The van der Waals surface area contributed by atoms with Crippen molar-refractivity contribution < 1.29 is 9.90 Å². The summed E-state index contributed by atoms with van der Waals surface area (Å²) >= 11 is 0. The van der Waals surface area contributed by atoms with Crippen molar-refractivity contribution in [3.63, 3.8) is 0 Å². The van der Waals surface area contributed by atoms with Gasteiger partial charge in [0.2, 0.25) is 0 Å². The largest absolute Gasteiger partial charge is 0.481 e.